The number of amides is 2. The number of carbonyl (C=O) groups excluding carboxylic acids is 2. The molecule has 0 N–H and O–H groups in total. The molecule has 0 bridgehead atoms. The third-order valence-electron chi connectivity index (χ3n) is 2.75. The van der Waals surface area contributed by atoms with Crippen molar-refractivity contribution >= 4 is 11.8 Å². The topological polar surface area (TPSA) is 64.4 Å². The van der Waals surface area contributed by atoms with Crippen LogP contribution in [0.5, 0.6) is 0 Å². The highest BCUT2D eigenvalue weighted by molar-refractivity contribution is 6.35. The summed E-state index contributed by atoms with van der Waals surface area (Å²) in [5.74, 6) is -0.793. The first-order chi connectivity index (χ1) is 7.70. The minimum absolute atomic E-state index is 0.394. The van der Waals surface area contributed by atoms with E-state index < -0.39 is 11.8 Å². The number of hydrogen-bond acceptors (Lipinski definition) is 3. The minimum atomic E-state index is -0.398. The quantitative estimate of drug-likeness (QED) is 0.499. The molecule has 88 valence electrons. The Morgan fingerprint density at radius 2 is 1.81 bits per heavy atom. The van der Waals surface area contributed by atoms with E-state index >= 15 is 0 Å². The number of nitriles is 1. The van der Waals surface area contributed by atoms with Gasteiger partial charge in [-0.1, -0.05) is 0 Å². The molecule has 1 heterocycles. The number of piperazine rings is 1. The number of nitrogens with zero attached hydrogens (tertiary/aromatic N) is 3. The third kappa shape index (κ3) is 2.96. The van der Waals surface area contributed by atoms with Gasteiger partial charge in [0, 0.05) is 32.6 Å². The lowest BCUT2D eigenvalue weighted by Gasteiger charge is -2.33. The van der Waals surface area contributed by atoms with Gasteiger partial charge in [-0.25, -0.2) is 0 Å². The average Bonchev–Trinajstić information content (AvgIpc) is 2.30. The largest absolute Gasteiger partial charge is 0.333 e. The molecule has 16 heavy (non-hydrogen) atoms. The summed E-state index contributed by atoms with van der Waals surface area (Å²) in [6.07, 6.45) is 2.09. The van der Waals surface area contributed by atoms with Crippen molar-refractivity contribution in [1.82, 2.24) is 9.80 Å². The average molecular weight is 223 g/mol. The lowest BCUT2D eigenvalue weighted by molar-refractivity contribution is -0.155. The standard InChI is InChI=1S/C11H17N3O2/c1-2-13-8-9-14(11(16)10(13)15)7-5-3-4-6-12/h2-5,7-9H2,1H3. The van der Waals surface area contributed by atoms with Crippen LogP contribution in [-0.2, 0) is 9.59 Å². The fourth-order valence-corrected chi connectivity index (χ4v) is 1.74. The first-order valence-electron chi connectivity index (χ1n) is 5.65. The molecular weight excluding hydrogens is 206 g/mol. The molecule has 0 unspecified atom stereocenters. The monoisotopic (exact) mass is 223 g/mol. The zero-order chi connectivity index (χ0) is 12.0. The lowest BCUT2D eigenvalue weighted by Crippen LogP contribution is -2.54. The zero-order valence-electron chi connectivity index (χ0n) is 9.61. The molecule has 0 atom stereocenters. The Labute approximate surface area is 95.6 Å². The summed E-state index contributed by atoms with van der Waals surface area (Å²) >= 11 is 0. The van der Waals surface area contributed by atoms with Crippen molar-refractivity contribution < 1.29 is 9.59 Å². The summed E-state index contributed by atoms with van der Waals surface area (Å²) < 4.78 is 0. The van der Waals surface area contributed by atoms with E-state index in [9.17, 15) is 9.59 Å². The number of rotatable bonds is 5. The molecule has 1 saturated heterocycles. The number of unbranched alkanes of at least 4 members (excludes halogenated alkanes) is 2. The van der Waals surface area contributed by atoms with Crippen molar-refractivity contribution in [2.24, 2.45) is 0 Å². The first-order valence-corrected chi connectivity index (χ1v) is 5.65. The SMILES string of the molecule is CCN1CCN(CCCCC#N)C(=O)C1=O. The van der Waals surface area contributed by atoms with Crippen LogP contribution in [0.15, 0.2) is 0 Å². The van der Waals surface area contributed by atoms with Crippen molar-refractivity contribution in [3.63, 3.8) is 0 Å². The van der Waals surface area contributed by atoms with Crippen LogP contribution in [0.4, 0.5) is 0 Å². The van der Waals surface area contributed by atoms with Crippen LogP contribution >= 0.6 is 0 Å². The van der Waals surface area contributed by atoms with E-state index in [1.807, 2.05) is 6.92 Å². The molecule has 0 aromatic carbocycles. The highest BCUT2D eigenvalue weighted by Crippen LogP contribution is 2.06. The van der Waals surface area contributed by atoms with Gasteiger partial charge in [-0.05, 0) is 19.8 Å². The van der Waals surface area contributed by atoms with E-state index in [2.05, 4.69) is 6.07 Å². The van der Waals surface area contributed by atoms with Gasteiger partial charge in [-0.15, -0.1) is 0 Å². The smallest absolute Gasteiger partial charge is 0.312 e. The summed E-state index contributed by atoms with van der Waals surface area (Å²) in [6, 6.07) is 2.06. The van der Waals surface area contributed by atoms with Crippen LogP contribution in [0.1, 0.15) is 26.2 Å². The maximum atomic E-state index is 11.6. The van der Waals surface area contributed by atoms with E-state index in [0.717, 1.165) is 12.8 Å². The van der Waals surface area contributed by atoms with E-state index in [-0.39, 0.29) is 0 Å². The molecule has 0 aromatic heterocycles. The molecule has 1 rings (SSSR count). The summed E-state index contributed by atoms with van der Waals surface area (Å²) in [5, 5.41) is 8.37. The van der Waals surface area contributed by atoms with Crippen molar-refractivity contribution in [1.29, 1.82) is 5.26 Å². The Hall–Kier alpha value is -1.57. The van der Waals surface area contributed by atoms with Gasteiger partial charge in [0.1, 0.15) is 0 Å². The van der Waals surface area contributed by atoms with E-state index in [0.29, 0.717) is 32.6 Å². The van der Waals surface area contributed by atoms with E-state index in [1.54, 1.807) is 9.80 Å². The molecule has 5 nitrogen and oxygen atoms in total. The lowest BCUT2D eigenvalue weighted by atomic mass is 10.2. The van der Waals surface area contributed by atoms with E-state index in [4.69, 9.17) is 5.26 Å². The van der Waals surface area contributed by atoms with Gasteiger partial charge < -0.3 is 9.80 Å². The fourth-order valence-electron chi connectivity index (χ4n) is 1.74. The number of likely N-dealkylation sites (N-methyl/N-ethyl adjacent to an activating group) is 1. The highest BCUT2D eigenvalue weighted by Gasteiger charge is 2.30. The first kappa shape index (κ1) is 12.5. The van der Waals surface area contributed by atoms with Gasteiger partial charge in [0.2, 0.25) is 0 Å². The van der Waals surface area contributed by atoms with Gasteiger partial charge in [-0.3, -0.25) is 9.59 Å². The predicted octanol–water partition coefficient (Wildman–Crippen LogP) is 0.371. The van der Waals surface area contributed by atoms with Gasteiger partial charge >= 0.3 is 11.8 Å². The summed E-state index contributed by atoms with van der Waals surface area (Å²) in [5.41, 5.74) is 0. The molecule has 2 amide bonds. The normalized spacial score (nSPS) is 16.5. The van der Waals surface area contributed by atoms with Crippen molar-refractivity contribution in [2.45, 2.75) is 26.2 Å². The van der Waals surface area contributed by atoms with Crippen molar-refractivity contribution in [3.8, 4) is 6.07 Å². The Bertz CT molecular complexity index is 309. The molecular formula is C11H17N3O2. The van der Waals surface area contributed by atoms with Crippen molar-refractivity contribution in [3.05, 3.63) is 0 Å². The summed E-state index contributed by atoms with van der Waals surface area (Å²) in [6.45, 7) is 4.29. The van der Waals surface area contributed by atoms with Crippen LogP contribution in [0.25, 0.3) is 0 Å². The summed E-state index contributed by atoms with van der Waals surface area (Å²) in [7, 11) is 0. The summed E-state index contributed by atoms with van der Waals surface area (Å²) in [4.78, 5) is 26.3. The van der Waals surface area contributed by atoms with Gasteiger partial charge in [-0.2, -0.15) is 5.26 Å². The second-order valence-electron chi connectivity index (χ2n) is 3.79. The van der Waals surface area contributed by atoms with Gasteiger partial charge in [0.25, 0.3) is 0 Å². The van der Waals surface area contributed by atoms with Gasteiger partial charge in [0.05, 0.1) is 6.07 Å². The maximum Gasteiger partial charge on any atom is 0.312 e. The van der Waals surface area contributed by atoms with Gasteiger partial charge in [0.15, 0.2) is 0 Å². The third-order valence-corrected chi connectivity index (χ3v) is 2.75. The predicted molar refractivity (Wildman–Crippen MR) is 58.3 cm³/mol. The Balaban J connectivity index is 2.37. The van der Waals surface area contributed by atoms with E-state index in [1.165, 1.54) is 0 Å². The zero-order valence-corrected chi connectivity index (χ0v) is 9.61. The molecule has 1 aliphatic heterocycles. The maximum absolute atomic E-state index is 11.6. The number of carbonyl (C=O) groups is 2. The molecule has 1 fully saturated rings. The highest BCUT2D eigenvalue weighted by atomic mass is 16.2. The van der Waals surface area contributed by atoms with Crippen LogP contribution in [0.2, 0.25) is 0 Å². The molecule has 0 aliphatic carbocycles. The Morgan fingerprint density at radius 1 is 1.19 bits per heavy atom. The minimum Gasteiger partial charge on any atom is -0.333 e. The van der Waals surface area contributed by atoms with Crippen LogP contribution in [0, 0.1) is 11.3 Å². The second kappa shape index (κ2) is 6.11. The molecule has 0 radical (unpaired) electrons. The van der Waals surface area contributed by atoms with Crippen LogP contribution < -0.4 is 0 Å². The van der Waals surface area contributed by atoms with Crippen LogP contribution in [0.3, 0.4) is 0 Å². The molecule has 0 saturated carbocycles. The Morgan fingerprint density at radius 3 is 2.44 bits per heavy atom. The van der Waals surface area contributed by atoms with Crippen molar-refractivity contribution in [2.75, 3.05) is 26.2 Å². The van der Waals surface area contributed by atoms with Crippen LogP contribution in [-0.4, -0.2) is 47.8 Å². The second-order valence-corrected chi connectivity index (χ2v) is 3.79. The molecule has 0 aromatic rings. The fraction of sp³-hybridized carbons (Fsp3) is 0.727. The molecule has 1 aliphatic rings. The number of hydrogen-bond donors (Lipinski definition) is 0. The molecule has 5 heteroatoms. The molecule has 0 spiro atoms. The Kier molecular flexibility index (Phi) is 4.77.